The van der Waals surface area contributed by atoms with Gasteiger partial charge in [0.05, 0.1) is 19.6 Å². The molecule has 0 aliphatic heterocycles. The lowest BCUT2D eigenvalue weighted by atomic mass is 10.3. The summed E-state index contributed by atoms with van der Waals surface area (Å²) in [5.74, 6) is -0.403. The molecule has 19 heavy (non-hydrogen) atoms. The van der Waals surface area contributed by atoms with Crippen LogP contribution in [0.4, 0.5) is 14.9 Å². The standard InChI is InChI=1S/C13H13FN2O3/c1-18-12-3-2-10(6-11(12)14)16-13(17)15-7-9-4-5-19-8-9/h2-6,8H,7H2,1H3,(H2,15,16,17). The molecule has 0 fully saturated rings. The number of halogens is 1. The molecule has 6 heteroatoms. The summed E-state index contributed by atoms with van der Waals surface area (Å²) in [6, 6.07) is 5.51. The van der Waals surface area contributed by atoms with Crippen molar-refractivity contribution in [3.63, 3.8) is 0 Å². The van der Waals surface area contributed by atoms with Crippen LogP contribution < -0.4 is 15.4 Å². The van der Waals surface area contributed by atoms with Gasteiger partial charge in [-0.2, -0.15) is 0 Å². The number of methoxy groups -OCH3 is 1. The molecule has 2 rings (SSSR count). The van der Waals surface area contributed by atoms with Crippen LogP contribution in [0.25, 0.3) is 0 Å². The van der Waals surface area contributed by atoms with Crippen LogP contribution in [0.5, 0.6) is 5.75 Å². The maximum absolute atomic E-state index is 13.4. The van der Waals surface area contributed by atoms with E-state index in [4.69, 9.17) is 9.15 Å². The van der Waals surface area contributed by atoms with Crippen LogP contribution in [-0.2, 0) is 6.54 Å². The summed E-state index contributed by atoms with van der Waals surface area (Å²) in [4.78, 5) is 11.6. The van der Waals surface area contributed by atoms with Gasteiger partial charge in [-0.25, -0.2) is 9.18 Å². The van der Waals surface area contributed by atoms with E-state index in [9.17, 15) is 9.18 Å². The van der Waals surface area contributed by atoms with E-state index in [0.717, 1.165) is 5.56 Å². The molecular formula is C13H13FN2O3. The SMILES string of the molecule is COc1ccc(NC(=O)NCc2ccoc2)cc1F. The van der Waals surface area contributed by atoms with Crippen molar-refractivity contribution >= 4 is 11.7 Å². The number of nitrogens with one attached hydrogen (secondary N) is 2. The van der Waals surface area contributed by atoms with E-state index in [1.54, 1.807) is 12.1 Å². The first-order chi connectivity index (χ1) is 9.19. The summed E-state index contributed by atoms with van der Waals surface area (Å²) in [5.41, 5.74) is 1.19. The minimum Gasteiger partial charge on any atom is -0.494 e. The first kappa shape index (κ1) is 12.9. The molecule has 0 aliphatic rings. The highest BCUT2D eigenvalue weighted by molar-refractivity contribution is 5.89. The highest BCUT2D eigenvalue weighted by Gasteiger charge is 2.06. The topological polar surface area (TPSA) is 63.5 Å². The number of carbonyl (C=O) groups excluding carboxylic acids is 1. The van der Waals surface area contributed by atoms with Gasteiger partial charge in [-0.15, -0.1) is 0 Å². The van der Waals surface area contributed by atoms with Crippen LogP contribution in [0.2, 0.25) is 0 Å². The quantitative estimate of drug-likeness (QED) is 0.892. The highest BCUT2D eigenvalue weighted by atomic mass is 19.1. The number of benzene rings is 1. The summed E-state index contributed by atoms with van der Waals surface area (Å²) in [7, 11) is 1.38. The molecule has 2 amide bonds. The summed E-state index contributed by atoms with van der Waals surface area (Å²) < 4.78 is 23.1. The van der Waals surface area contributed by atoms with Crippen LogP contribution >= 0.6 is 0 Å². The maximum Gasteiger partial charge on any atom is 0.319 e. The third kappa shape index (κ3) is 3.48. The van der Waals surface area contributed by atoms with Gasteiger partial charge in [-0.3, -0.25) is 0 Å². The van der Waals surface area contributed by atoms with Gasteiger partial charge in [0.15, 0.2) is 11.6 Å². The second kappa shape index (κ2) is 5.90. The lowest BCUT2D eigenvalue weighted by Gasteiger charge is -2.08. The number of amides is 2. The lowest BCUT2D eigenvalue weighted by molar-refractivity contribution is 0.251. The molecule has 5 nitrogen and oxygen atoms in total. The average Bonchev–Trinajstić information content (AvgIpc) is 2.90. The van der Waals surface area contributed by atoms with Gasteiger partial charge in [0.2, 0.25) is 0 Å². The van der Waals surface area contributed by atoms with Crippen LogP contribution in [-0.4, -0.2) is 13.1 Å². The Morgan fingerprint density at radius 3 is 2.89 bits per heavy atom. The second-order valence-electron chi connectivity index (χ2n) is 3.79. The van der Waals surface area contributed by atoms with Crippen molar-refractivity contribution in [3.8, 4) is 5.75 Å². The zero-order valence-electron chi connectivity index (χ0n) is 10.3. The zero-order valence-corrected chi connectivity index (χ0v) is 10.3. The Hall–Kier alpha value is -2.50. The Labute approximate surface area is 109 Å². The van der Waals surface area contributed by atoms with Gasteiger partial charge in [0.1, 0.15) is 0 Å². The smallest absolute Gasteiger partial charge is 0.319 e. The molecule has 0 bridgehead atoms. The van der Waals surface area contributed by atoms with Gasteiger partial charge in [-0.05, 0) is 18.2 Å². The fraction of sp³-hybridized carbons (Fsp3) is 0.154. The van der Waals surface area contributed by atoms with Crippen LogP contribution in [0.15, 0.2) is 41.2 Å². The first-order valence-corrected chi connectivity index (χ1v) is 5.58. The molecule has 0 radical (unpaired) electrons. The third-order valence-electron chi connectivity index (χ3n) is 2.44. The molecule has 1 aromatic heterocycles. The van der Waals surface area contributed by atoms with E-state index in [-0.39, 0.29) is 5.75 Å². The van der Waals surface area contributed by atoms with E-state index in [1.807, 2.05) is 0 Å². The Morgan fingerprint density at radius 1 is 1.42 bits per heavy atom. The molecule has 0 atom stereocenters. The number of hydrogen-bond donors (Lipinski definition) is 2. The number of furan rings is 1. The molecule has 0 spiro atoms. The number of rotatable bonds is 4. The predicted octanol–water partition coefficient (Wildman–Crippen LogP) is 2.75. The van der Waals surface area contributed by atoms with Gasteiger partial charge < -0.3 is 19.8 Å². The van der Waals surface area contributed by atoms with Crippen LogP contribution in [0.3, 0.4) is 0 Å². The number of anilines is 1. The number of hydrogen-bond acceptors (Lipinski definition) is 3. The summed E-state index contributed by atoms with van der Waals surface area (Å²) >= 11 is 0. The summed E-state index contributed by atoms with van der Waals surface area (Å²) in [6.45, 7) is 0.334. The predicted molar refractivity (Wildman–Crippen MR) is 67.5 cm³/mol. The van der Waals surface area contributed by atoms with Crippen LogP contribution in [0, 0.1) is 5.82 Å². The fourth-order valence-corrected chi connectivity index (χ4v) is 1.50. The van der Waals surface area contributed by atoms with Crippen molar-refractivity contribution in [2.24, 2.45) is 0 Å². The highest BCUT2D eigenvalue weighted by Crippen LogP contribution is 2.20. The molecule has 1 aromatic carbocycles. The molecule has 0 unspecified atom stereocenters. The summed E-state index contributed by atoms with van der Waals surface area (Å²) in [5, 5.41) is 5.14. The van der Waals surface area contributed by atoms with Crippen molar-refractivity contribution in [3.05, 3.63) is 48.2 Å². The average molecular weight is 264 g/mol. The Kier molecular flexibility index (Phi) is 4.02. The minimum atomic E-state index is -0.532. The molecular weight excluding hydrogens is 251 g/mol. The molecule has 0 aliphatic carbocycles. The molecule has 2 N–H and O–H groups in total. The Bertz CT molecular complexity index is 555. The van der Waals surface area contributed by atoms with Crippen molar-refractivity contribution in [2.45, 2.75) is 6.54 Å². The van der Waals surface area contributed by atoms with E-state index in [1.165, 1.54) is 31.8 Å². The Morgan fingerprint density at radius 2 is 2.26 bits per heavy atom. The zero-order chi connectivity index (χ0) is 13.7. The van der Waals surface area contributed by atoms with Gasteiger partial charge in [-0.1, -0.05) is 0 Å². The van der Waals surface area contributed by atoms with Gasteiger partial charge in [0, 0.05) is 23.9 Å². The minimum absolute atomic E-state index is 0.129. The van der Waals surface area contributed by atoms with Crippen molar-refractivity contribution in [1.82, 2.24) is 5.32 Å². The number of urea groups is 1. The van der Waals surface area contributed by atoms with Gasteiger partial charge in [0.25, 0.3) is 0 Å². The van der Waals surface area contributed by atoms with Crippen molar-refractivity contribution in [2.75, 3.05) is 12.4 Å². The number of carbonyl (C=O) groups is 1. The largest absolute Gasteiger partial charge is 0.494 e. The van der Waals surface area contributed by atoms with E-state index in [0.29, 0.717) is 12.2 Å². The van der Waals surface area contributed by atoms with Crippen LogP contribution in [0.1, 0.15) is 5.56 Å². The molecule has 1 heterocycles. The summed E-state index contributed by atoms with van der Waals surface area (Å²) in [6.07, 6.45) is 3.06. The van der Waals surface area contributed by atoms with E-state index in [2.05, 4.69) is 10.6 Å². The fourth-order valence-electron chi connectivity index (χ4n) is 1.50. The maximum atomic E-state index is 13.4. The lowest BCUT2D eigenvalue weighted by Crippen LogP contribution is -2.28. The molecule has 0 saturated carbocycles. The normalized spacial score (nSPS) is 10.0. The molecule has 2 aromatic rings. The second-order valence-corrected chi connectivity index (χ2v) is 3.79. The van der Waals surface area contributed by atoms with E-state index < -0.39 is 11.8 Å². The molecule has 100 valence electrons. The third-order valence-corrected chi connectivity index (χ3v) is 2.44. The first-order valence-electron chi connectivity index (χ1n) is 5.58. The van der Waals surface area contributed by atoms with E-state index >= 15 is 0 Å². The monoisotopic (exact) mass is 264 g/mol. The van der Waals surface area contributed by atoms with Crippen molar-refractivity contribution in [1.29, 1.82) is 0 Å². The Balaban J connectivity index is 1.90. The van der Waals surface area contributed by atoms with Crippen molar-refractivity contribution < 1.29 is 18.3 Å². The number of ether oxygens (including phenoxy) is 1. The molecule has 0 saturated heterocycles. The van der Waals surface area contributed by atoms with Gasteiger partial charge >= 0.3 is 6.03 Å².